The van der Waals surface area contributed by atoms with E-state index in [0.717, 1.165) is 0 Å². The number of nitrogens with one attached hydrogen (secondary N) is 3. The third kappa shape index (κ3) is 15.5. The van der Waals surface area contributed by atoms with Gasteiger partial charge in [0, 0.05) is 19.4 Å². The van der Waals surface area contributed by atoms with E-state index in [1.54, 1.807) is 0 Å². The second-order valence-electron chi connectivity index (χ2n) is 8.22. The maximum Gasteiger partial charge on any atom is 0.326 e. The van der Waals surface area contributed by atoms with Crippen LogP contribution in [0.25, 0.3) is 0 Å². The van der Waals surface area contributed by atoms with E-state index < -0.39 is 79.1 Å². The topological polar surface area (TPSA) is 290 Å². The summed E-state index contributed by atoms with van der Waals surface area (Å²) < 4.78 is 0. The highest BCUT2D eigenvalue weighted by atomic mass is 32.2. The summed E-state index contributed by atoms with van der Waals surface area (Å²) in [5.74, 6) is -6.16. The van der Waals surface area contributed by atoms with Crippen LogP contribution in [0.4, 0.5) is 0 Å². The molecule has 0 saturated heterocycles. The standard InChI is InChI=1S/C21H37N7O9S/c1-38-10-8-11(22)17(33)26-12(4-6-15(29)30)18(34)27-13(5-7-16(31)32)19(35)28-14(20(36)37)3-2-9-25-21(23)24/h11-14H,2-10,22H2,1H3,(H,26,33)(H,27,34)(H,28,35)(H,29,30)(H,31,32)(H,36,37)(H4,23,24,25). The van der Waals surface area contributed by atoms with Gasteiger partial charge in [-0.05, 0) is 44.1 Å². The summed E-state index contributed by atoms with van der Waals surface area (Å²) in [6.45, 7) is 0.102. The Labute approximate surface area is 223 Å². The van der Waals surface area contributed by atoms with E-state index in [0.29, 0.717) is 12.2 Å². The first kappa shape index (κ1) is 34.4. The van der Waals surface area contributed by atoms with E-state index in [2.05, 4.69) is 20.9 Å². The molecule has 3 amide bonds. The molecule has 12 N–H and O–H groups in total. The maximum atomic E-state index is 12.9. The molecule has 0 aromatic heterocycles. The van der Waals surface area contributed by atoms with Crippen molar-refractivity contribution in [3.63, 3.8) is 0 Å². The van der Waals surface area contributed by atoms with Gasteiger partial charge in [0.1, 0.15) is 18.1 Å². The van der Waals surface area contributed by atoms with Crippen LogP contribution in [0.1, 0.15) is 44.9 Å². The van der Waals surface area contributed by atoms with Crippen LogP contribution in [-0.4, -0.2) is 99.6 Å². The fourth-order valence-electron chi connectivity index (χ4n) is 3.03. The van der Waals surface area contributed by atoms with Crippen molar-refractivity contribution in [1.29, 1.82) is 0 Å². The number of hydrogen-bond donors (Lipinski definition) is 9. The lowest BCUT2D eigenvalue weighted by Crippen LogP contribution is -2.57. The highest BCUT2D eigenvalue weighted by Crippen LogP contribution is 2.07. The molecule has 0 bridgehead atoms. The first-order chi connectivity index (χ1) is 17.8. The number of nitrogens with zero attached hydrogens (tertiary/aromatic N) is 1. The van der Waals surface area contributed by atoms with Crippen LogP contribution in [0.15, 0.2) is 4.99 Å². The van der Waals surface area contributed by atoms with Gasteiger partial charge in [-0.2, -0.15) is 11.8 Å². The van der Waals surface area contributed by atoms with Crippen LogP contribution in [0, 0.1) is 0 Å². The quantitative estimate of drug-likeness (QED) is 0.0417. The number of guanidine groups is 1. The Morgan fingerprint density at radius 3 is 1.66 bits per heavy atom. The van der Waals surface area contributed by atoms with Crippen molar-refractivity contribution in [2.24, 2.45) is 22.2 Å². The molecule has 0 aliphatic carbocycles. The lowest BCUT2D eigenvalue weighted by atomic mass is 10.1. The van der Waals surface area contributed by atoms with Crippen molar-refractivity contribution < 1.29 is 44.1 Å². The minimum Gasteiger partial charge on any atom is -0.481 e. The molecule has 0 aliphatic rings. The fourth-order valence-corrected chi connectivity index (χ4v) is 3.52. The molecule has 16 nitrogen and oxygen atoms in total. The van der Waals surface area contributed by atoms with Crippen molar-refractivity contribution in [3.8, 4) is 0 Å². The Hall–Kier alpha value is -3.60. The monoisotopic (exact) mass is 563 g/mol. The first-order valence-corrected chi connectivity index (χ1v) is 13.0. The van der Waals surface area contributed by atoms with Gasteiger partial charge in [-0.25, -0.2) is 4.79 Å². The lowest BCUT2D eigenvalue weighted by molar-refractivity contribution is -0.143. The summed E-state index contributed by atoms with van der Waals surface area (Å²) >= 11 is 1.45. The number of nitrogens with two attached hydrogens (primary N) is 3. The van der Waals surface area contributed by atoms with Crippen molar-refractivity contribution in [2.75, 3.05) is 18.6 Å². The number of thioether (sulfide) groups is 1. The van der Waals surface area contributed by atoms with Crippen molar-refractivity contribution in [2.45, 2.75) is 69.1 Å². The summed E-state index contributed by atoms with van der Waals surface area (Å²) in [6, 6.07) is -5.25. The van der Waals surface area contributed by atoms with Gasteiger partial charge in [-0.3, -0.25) is 29.0 Å². The van der Waals surface area contributed by atoms with Crippen LogP contribution < -0.4 is 33.2 Å². The maximum absolute atomic E-state index is 12.9. The Morgan fingerprint density at radius 1 is 0.763 bits per heavy atom. The van der Waals surface area contributed by atoms with Crippen LogP contribution in [0.3, 0.4) is 0 Å². The number of carboxylic acid groups (broad SMARTS) is 3. The minimum absolute atomic E-state index is 0.0668. The number of rotatable bonds is 20. The van der Waals surface area contributed by atoms with Gasteiger partial charge in [-0.1, -0.05) is 0 Å². The van der Waals surface area contributed by atoms with Gasteiger partial charge in [0.05, 0.1) is 6.04 Å². The molecule has 0 fully saturated rings. The largest absolute Gasteiger partial charge is 0.481 e. The SMILES string of the molecule is CSCCC(N)C(=O)NC(CCC(=O)O)C(=O)NC(CCC(=O)O)C(=O)NC(CCCN=C(N)N)C(=O)O. The molecule has 0 aliphatic heterocycles. The molecule has 0 radical (unpaired) electrons. The second kappa shape index (κ2) is 18.6. The predicted octanol–water partition coefficient (Wildman–Crippen LogP) is -2.61. The fraction of sp³-hybridized carbons (Fsp3) is 0.667. The van der Waals surface area contributed by atoms with Gasteiger partial charge >= 0.3 is 17.9 Å². The average molecular weight is 564 g/mol. The Balaban J connectivity index is 5.58. The van der Waals surface area contributed by atoms with E-state index >= 15 is 0 Å². The number of carboxylic acids is 3. The average Bonchev–Trinajstić information content (AvgIpc) is 2.83. The van der Waals surface area contributed by atoms with Gasteiger partial charge in [0.25, 0.3) is 0 Å². The minimum atomic E-state index is -1.49. The van der Waals surface area contributed by atoms with Crippen LogP contribution in [0.5, 0.6) is 0 Å². The Morgan fingerprint density at radius 2 is 1.24 bits per heavy atom. The molecule has 0 aromatic rings. The summed E-state index contributed by atoms with van der Waals surface area (Å²) in [7, 11) is 0. The number of hydrogen-bond acceptors (Lipinski definition) is 9. The molecule has 38 heavy (non-hydrogen) atoms. The smallest absolute Gasteiger partial charge is 0.326 e. The Kier molecular flexibility index (Phi) is 16.9. The third-order valence-electron chi connectivity index (χ3n) is 5.09. The van der Waals surface area contributed by atoms with Crippen molar-refractivity contribution in [1.82, 2.24) is 16.0 Å². The number of carbonyl (C=O) groups is 6. The van der Waals surface area contributed by atoms with E-state index in [9.17, 15) is 33.9 Å². The van der Waals surface area contributed by atoms with Crippen molar-refractivity contribution >= 4 is 53.4 Å². The molecule has 4 unspecified atom stereocenters. The zero-order chi connectivity index (χ0) is 29.3. The highest BCUT2D eigenvalue weighted by molar-refractivity contribution is 7.98. The summed E-state index contributed by atoms with van der Waals surface area (Å²) in [4.78, 5) is 75.6. The van der Waals surface area contributed by atoms with E-state index in [1.165, 1.54) is 11.8 Å². The molecule has 0 rings (SSSR count). The molecular weight excluding hydrogens is 526 g/mol. The zero-order valence-electron chi connectivity index (χ0n) is 21.1. The summed E-state index contributed by atoms with van der Waals surface area (Å²) in [5, 5.41) is 34.4. The predicted molar refractivity (Wildman–Crippen MR) is 138 cm³/mol. The van der Waals surface area contributed by atoms with Crippen molar-refractivity contribution in [3.05, 3.63) is 0 Å². The molecule has 0 aromatic carbocycles. The van der Waals surface area contributed by atoms with Crippen LogP contribution in [0.2, 0.25) is 0 Å². The number of amides is 3. The molecule has 0 heterocycles. The van der Waals surface area contributed by atoms with E-state index in [4.69, 9.17) is 27.4 Å². The van der Waals surface area contributed by atoms with Gasteiger partial charge in [-0.15, -0.1) is 0 Å². The normalized spacial score (nSPS) is 13.7. The molecule has 17 heteroatoms. The second-order valence-corrected chi connectivity index (χ2v) is 9.21. The first-order valence-electron chi connectivity index (χ1n) is 11.7. The third-order valence-corrected chi connectivity index (χ3v) is 5.73. The van der Waals surface area contributed by atoms with Crippen LogP contribution in [-0.2, 0) is 28.8 Å². The highest BCUT2D eigenvalue weighted by Gasteiger charge is 2.30. The molecule has 4 atom stereocenters. The molecule has 0 saturated carbocycles. The van der Waals surface area contributed by atoms with E-state index in [-0.39, 0.29) is 31.8 Å². The lowest BCUT2D eigenvalue weighted by Gasteiger charge is -2.25. The summed E-state index contributed by atoms with van der Waals surface area (Å²) in [5.41, 5.74) is 16.2. The summed E-state index contributed by atoms with van der Waals surface area (Å²) in [6.07, 6.45) is 0.453. The van der Waals surface area contributed by atoms with Gasteiger partial charge in [0.2, 0.25) is 17.7 Å². The number of aliphatic imine (C=N–C) groups is 1. The zero-order valence-corrected chi connectivity index (χ0v) is 21.9. The Bertz CT molecular complexity index is 868. The number of carbonyl (C=O) groups excluding carboxylic acids is 3. The molecule has 0 spiro atoms. The molecule has 216 valence electrons. The number of aliphatic carboxylic acids is 3. The van der Waals surface area contributed by atoms with E-state index in [1.807, 2.05) is 6.26 Å². The van der Waals surface area contributed by atoms with Gasteiger partial charge < -0.3 is 48.5 Å². The molecular formula is C21H37N7O9S. The van der Waals surface area contributed by atoms with Crippen LogP contribution >= 0.6 is 11.8 Å². The van der Waals surface area contributed by atoms with Gasteiger partial charge in [0.15, 0.2) is 5.96 Å².